The third-order valence-corrected chi connectivity index (χ3v) is 3.64. The first-order valence-electron chi connectivity index (χ1n) is 4.85. The molecule has 0 radical (unpaired) electrons. The van der Waals surface area contributed by atoms with E-state index in [1.807, 2.05) is 0 Å². The van der Waals surface area contributed by atoms with Crippen LogP contribution in [0.5, 0.6) is 0 Å². The van der Waals surface area contributed by atoms with Crippen LogP contribution in [0.1, 0.15) is 25.6 Å². The second-order valence-corrected chi connectivity index (χ2v) is 5.04. The zero-order valence-electron chi connectivity index (χ0n) is 8.54. The van der Waals surface area contributed by atoms with Gasteiger partial charge in [0.15, 0.2) is 0 Å². The topological polar surface area (TPSA) is 49.0 Å². The molecule has 1 N–H and O–H groups in total. The van der Waals surface area contributed by atoms with Gasteiger partial charge in [-0.1, -0.05) is 6.92 Å². The van der Waals surface area contributed by atoms with Gasteiger partial charge in [-0.3, -0.25) is 9.78 Å². The number of nitrogens with zero attached hydrogens (tertiary/aromatic N) is 2. The van der Waals surface area contributed by atoms with Gasteiger partial charge in [0, 0.05) is 16.9 Å². The molecule has 0 bridgehead atoms. The highest BCUT2D eigenvalue weighted by molar-refractivity contribution is 7.02. The van der Waals surface area contributed by atoms with Crippen LogP contribution in [0.4, 0.5) is 0 Å². The van der Waals surface area contributed by atoms with Crippen LogP contribution in [-0.4, -0.2) is 34.4 Å². The molecule has 78 valence electrons. The van der Waals surface area contributed by atoms with Crippen LogP contribution in [-0.2, 0) is 5.41 Å². The van der Waals surface area contributed by atoms with Gasteiger partial charge in [-0.05, 0) is 33.0 Å². The van der Waals surface area contributed by atoms with E-state index in [4.69, 9.17) is 0 Å². The molecule has 0 spiro atoms. The van der Waals surface area contributed by atoms with Crippen molar-refractivity contribution in [2.75, 3.05) is 20.1 Å². The summed E-state index contributed by atoms with van der Waals surface area (Å²) in [5.74, 6) is 0.876. The first-order chi connectivity index (χ1) is 6.60. The summed E-state index contributed by atoms with van der Waals surface area (Å²) < 4.78 is 4.19. The largest absolute Gasteiger partial charge is 0.323 e. The van der Waals surface area contributed by atoms with Crippen molar-refractivity contribution in [3.8, 4) is 0 Å². The third-order valence-electron chi connectivity index (χ3n) is 3.10. The van der Waals surface area contributed by atoms with E-state index in [0.29, 0.717) is 0 Å². The smallest absolute Gasteiger partial charge is 0.306 e. The lowest BCUT2D eigenvalue weighted by Crippen LogP contribution is -2.39. The predicted molar refractivity (Wildman–Crippen MR) is 56.8 cm³/mol. The van der Waals surface area contributed by atoms with Gasteiger partial charge in [0.1, 0.15) is 5.82 Å². The zero-order valence-corrected chi connectivity index (χ0v) is 9.36. The molecule has 1 aliphatic heterocycles. The molecule has 0 aliphatic carbocycles. The van der Waals surface area contributed by atoms with Gasteiger partial charge in [0.05, 0.1) is 0 Å². The highest BCUT2D eigenvalue weighted by Gasteiger charge is 2.33. The van der Waals surface area contributed by atoms with E-state index in [1.165, 1.54) is 0 Å². The molecule has 0 atom stereocenters. The Balaban J connectivity index is 2.20. The van der Waals surface area contributed by atoms with Gasteiger partial charge in [0.25, 0.3) is 0 Å². The Kier molecular flexibility index (Phi) is 2.45. The lowest BCUT2D eigenvalue weighted by atomic mass is 9.80. The first kappa shape index (κ1) is 9.86. The second-order valence-electron chi connectivity index (χ2n) is 4.31. The van der Waals surface area contributed by atoms with Crippen LogP contribution in [0.15, 0.2) is 4.79 Å². The molecule has 1 aromatic rings. The van der Waals surface area contributed by atoms with Crippen LogP contribution in [0, 0.1) is 0 Å². The van der Waals surface area contributed by atoms with E-state index in [1.54, 1.807) is 0 Å². The first-order valence-corrected chi connectivity index (χ1v) is 5.62. The van der Waals surface area contributed by atoms with Crippen molar-refractivity contribution in [3.05, 3.63) is 15.5 Å². The molecule has 2 rings (SSSR count). The van der Waals surface area contributed by atoms with Crippen molar-refractivity contribution in [1.29, 1.82) is 0 Å². The predicted octanol–water partition coefficient (Wildman–Crippen LogP) is 0.815. The average Bonchev–Trinajstić information content (AvgIpc) is 2.58. The summed E-state index contributed by atoms with van der Waals surface area (Å²) in [6, 6.07) is 0. The number of hydrogen-bond acceptors (Lipinski definition) is 4. The van der Waals surface area contributed by atoms with Gasteiger partial charge in [0.2, 0.25) is 0 Å². The van der Waals surface area contributed by atoms with E-state index in [-0.39, 0.29) is 10.3 Å². The quantitative estimate of drug-likeness (QED) is 0.751. The number of aromatic nitrogens is 2. The van der Waals surface area contributed by atoms with Gasteiger partial charge in [-0.2, -0.15) is 4.37 Å². The van der Waals surface area contributed by atoms with E-state index in [9.17, 15) is 4.79 Å². The Morgan fingerprint density at radius 2 is 2.14 bits per heavy atom. The number of likely N-dealkylation sites (tertiary alicyclic amines) is 1. The maximum absolute atomic E-state index is 11.0. The normalized spacial score (nSPS) is 22.4. The fourth-order valence-corrected chi connectivity index (χ4v) is 2.42. The Bertz CT molecular complexity index is 362. The summed E-state index contributed by atoms with van der Waals surface area (Å²) in [6.45, 7) is 4.34. The number of hydrogen-bond donors (Lipinski definition) is 1. The molecule has 0 amide bonds. The van der Waals surface area contributed by atoms with Crippen molar-refractivity contribution in [3.63, 3.8) is 0 Å². The molecule has 0 aromatic carbocycles. The summed E-state index contributed by atoms with van der Waals surface area (Å²) in [5.41, 5.74) is 0.0751. The lowest BCUT2D eigenvalue weighted by Gasteiger charge is -2.35. The highest BCUT2D eigenvalue weighted by atomic mass is 32.1. The van der Waals surface area contributed by atoms with Crippen molar-refractivity contribution in [2.24, 2.45) is 0 Å². The molecule has 4 nitrogen and oxygen atoms in total. The molecule has 2 heterocycles. The van der Waals surface area contributed by atoms with E-state index in [2.05, 4.69) is 28.2 Å². The van der Waals surface area contributed by atoms with Crippen molar-refractivity contribution in [1.82, 2.24) is 14.3 Å². The van der Waals surface area contributed by atoms with Gasteiger partial charge in [-0.15, -0.1) is 0 Å². The van der Waals surface area contributed by atoms with E-state index in [0.717, 1.165) is 43.3 Å². The molecule has 1 saturated heterocycles. The number of nitrogens with one attached hydrogen (secondary N) is 1. The number of rotatable bonds is 1. The molecule has 1 aliphatic rings. The minimum absolute atomic E-state index is 0.0415. The Labute approximate surface area is 87.1 Å². The van der Waals surface area contributed by atoms with Crippen LogP contribution in [0.3, 0.4) is 0 Å². The summed E-state index contributed by atoms with van der Waals surface area (Å²) in [7, 11) is 2.13. The van der Waals surface area contributed by atoms with Gasteiger partial charge in [-0.25, -0.2) is 0 Å². The lowest BCUT2D eigenvalue weighted by molar-refractivity contribution is 0.194. The molecule has 0 unspecified atom stereocenters. The second kappa shape index (κ2) is 3.47. The zero-order chi connectivity index (χ0) is 10.2. The summed E-state index contributed by atoms with van der Waals surface area (Å²) in [5, 5.41) is 0. The maximum atomic E-state index is 11.0. The SMILES string of the molecule is CN1CCC(C)(c2nsc(=O)[nH]2)CC1. The fourth-order valence-electron chi connectivity index (χ4n) is 1.84. The monoisotopic (exact) mass is 213 g/mol. The average molecular weight is 213 g/mol. The summed E-state index contributed by atoms with van der Waals surface area (Å²) in [4.78, 5) is 16.1. The van der Waals surface area contributed by atoms with Crippen molar-refractivity contribution in [2.45, 2.75) is 25.2 Å². The van der Waals surface area contributed by atoms with Gasteiger partial charge >= 0.3 is 4.87 Å². The van der Waals surface area contributed by atoms with Crippen LogP contribution < -0.4 is 4.87 Å². The molecular formula is C9H15N3OS. The van der Waals surface area contributed by atoms with Crippen LogP contribution in [0.2, 0.25) is 0 Å². The Hall–Kier alpha value is -0.680. The molecule has 1 fully saturated rings. The Morgan fingerprint density at radius 3 is 2.64 bits per heavy atom. The summed E-state index contributed by atoms with van der Waals surface area (Å²) >= 11 is 1.02. The molecular weight excluding hydrogens is 198 g/mol. The Morgan fingerprint density at radius 1 is 1.50 bits per heavy atom. The van der Waals surface area contributed by atoms with Crippen molar-refractivity contribution < 1.29 is 0 Å². The number of aromatic amines is 1. The third kappa shape index (κ3) is 1.74. The summed E-state index contributed by atoms with van der Waals surface area (Å²) in [6.07, 6.45) is 2.15. The van der Waals surface area contributed by atoms with Gasteiger partial charge < -0.3 is 4.90 Å². The van der Waals surface area contributed by atoms with Crippen LogP contribution >= 0.6 is 11.5 Å². The molecule has 0 saturated carbocycles. The van der Waals surface area contributed by atoms with Crippen LogP contribution in [0.25, 0.3) is 0 Å². The van der Waals surface area contributed by atoms with E-state index < -0.39 is 0 Å². The molecule has 14 heavy (non-hydrogen) atoms. The number of H-pyrrole nitrogens is 1. The molecule has 5 heteroatoms. The molecule has 1 aromatic heterocycles. The number of piperidine rings is 1. The maximum Gasteiger partial charge on any atom is 0.323 e. The minimum Gasteiger partial charge on any atom is -0.306 e. The van der Waals surface area contributed by atoms with Crippen molar-refractivity contribution >= 4 is 11.5 Å². The standard InChI is InChI=1S/C9H15N3OS/c1-9(3-5-12(2)6-4-9)7-10-8(13)14-11-7/h3-6H2,1-2H3,(H,10,11,13). The minimum atomic E-state index is -0.0415. The van der Waals surface area contributed by atoms with E-state index >= 15 is 0 Å². The fraction of sp³-hybridized carbons (Fsp3) is 0.778. The highest BCUT2D eigenvalue weighted by Crippen LogP contribution is 2.31.